The molecule has 0 fully saturated rings. The number of carbonyl (C=O) groups excluding carboxylic acids is 1. The third-order valence-corrected chi connectivity index (χ3v) is 5.64. The van der Waals surface area contributed by atoms with Crippen molar-refractivity contribution in [3.05, 3.63) is 90.3 Å². The van der Waals surface area contributed by atoms with Crippen molar-refractivity contribution < 1.29 is 9.53 Å². The maximum absolute atomic E-state index is 13.7. The van der Waals surface area contributed by atoms with Gasteiger partial charge in [-0.3, -0.25) is 9.78 Å². The summed E-state index contributed by atoms with van der Waals surface area (Å²) in [6.07, 6.45) is 4.44. The van der Waals surface area contributed by atoms with E-state index in [4.69, 9.17) is 4.74 Å². The van der Waals surface area contributed by atoms with Crippen LogP contribution in [0.4, 0.5) is 5.69 Å². The fourth-order valence-corrected chi connectivity index (χ4v) is 4.22. The summed E-state index contributed by atoms with van der Waals surface area (Å²) in [7, 11) is 0. The quantitative estimate of drug-likeness (QED) is 0.459. The molecular weight excluding hydrogens is 372 g/mol. The SMILES string of the molecule is CCOc1ccc2ccccc2c1C(=O)N1CCc2cc(-c3ccncc3)ccc21. The van der Waals surface area contributed by atoms with Gasteiger partial charge in [0, 0.05) is 24.6 Å². The Morgan fingerprint density at radius 2 is 1.83 bits per heavy atom. The number of anilines is 1. The first-order chi connectivity index (χ1) is 14.8. The van der Waals surface area contributed by atoms with Crippen LogP contribution < -0.4 is 9.64 Å². The second kappa shape index (κ2) is 7.64. The molecule has 0 aliphatic carbocycles. The number of fused-ring (bicyclic) bond motifs is 2. The highest BCUT2D eigenvalue weighted by atomic mass is 16.5. The molecule has 3 aromatic carbocycles. The lowest BCUT2D eigenvalue weighted by atomic mass is 10.0. The van der Waals surface area contributed by atoms with Gasteiger partial charge in [0.15, 0.2) is 0 Å². The minimum atomic E-state index is -0.00865. The van der Waals surface area contributed by atoms with E-state index >= 15 is 0 Å². The second-order valence-corrected chi connectivity index (χ2v) is 7.38. The molecule has 0 radical (unpaired) electrons. The molecular formula is C26H22N2O2. The van der Waals surface area contributed by atoms with Crippen LogP contribution in [0.5, 0.6) is 5.75 Å². The van der Waals surface area contributed by atoms with Crippen molar-refractivity contribution in [2.24, 2.45) is 0 Å². The minimum Gasteiger partial charge on any atom is -0.493 e. The zero-order valence-electron chi connectivity index (χ0n) is 16.8. The normalized spacial score (nSPS) is 12.8. The van der Waals surface area contributed by atoms with Crippen LogP contribution in [-0.4, -0.2) is 24.0 Å². The summed E-state index contributed by atoms with van der Waals surface area (Å²) in [5.74, 6) is 0.633. The Labute approximate surface area is 175 Å². The fourth-order valence-electron chi connectivity index (χ4n) is 4.22. The van der Waals surface area contributed by atoms with Gasteiger partial charge < -0.3 is 9.64 Å². The molecule has 4 aromatic rings. The van der Waals surface area contributed by atoms with E-state index in [9.17, 15) is 4.79 Å². The summed E-state index contributed by atoms with van der Waals surface area (Å²) in [5.41, 5.74) is 5.08. The molecule has 4 nitrogen and oxygen atoms in total. The third kappa shape index (κ3) is 3.11. The molecule has 2 heterocycles. The molecule has 1 aromatic heterocycles. The molecule has 1 amide bonds. The third-order valence-electron chi connectivity index (χ3n) is 5.64. The molecule has 4 heteroatoms. The number of rotatable bonds is 4. The molecule has 0 saturated heterocycles. The highest BCUT2D eigenvalue weighted by molar-refractivity contribution is 6.16. The summed E-state index contributed by atoms with van der Waals surface area (Å²) in [5, 5.41) is 1.96. The standard InChI is InChI=1S/C26H22N2O2/c1-2-30-24-10-8-19-5-3-4-6-22(19)25(24)26(29)28-16-13-21-17-20(7-9-23(21)28)18-11-14-27-15-12-18/h3-12,14-15,17H,2,13,16H2,1H3. The van der Waals surface area contributed by atoms with Crippen molar-refractivity contribution in [2.45, 2.75) is 13.3 Å². The van der Waals surface area contributed by atoms with Gasteiger partial charge in [0.25, 0.3) is 5.91 Å². The van der Waals surface area contributed by atoms with E-state index < -0.39 is 0 Å². The number of pyridine rings is 1. The van der Waals surface area contributed by atoms with Crippen molar-refractivity contribution in [3.8, 4) is 16.9 Å². The Bertz CT molecular complexity index is 1230. The van der Waals surface area contributed by atoms with Crippen molar-refractivity contribution in [3.63, 3.8) is 0 Å². The molecule has 5 rings (SSSR count). The number of hydrogen-bond acceptors (Lipinski definition) is 3. The minimum absolute atomic E-state index is 0.00865. The van der Waals surface area contributed by atoms with Crippen LogP contribution in [0, 0.1) is 0 Å². The lowest BCUT2D eigenvalue weighted by molar-refractivity contribution is 0.0987. The van der Waals surface area contributed by atoms with Crippen molar-refractivity contribution >= 4 is 22.4 Å². The first-order valence-electron chi connectivity index (χ1n) is 10.3. The molecule has 0 N–H and O–H groups in total. The van der Waals surface area contributed by atoms with Crippen LogP contribution >= 0.6 is 0 Å². The van der Waals surface area contributed by atoms with Crippen LogP contribution in [0.2, 0.25) is 0 Å². The number of amides is 1. The van der Waals surface area contributed by atoms with Crippen LogP contribution in [0.3, 0.4) is 0 Å². The number of nitrogens with zero attached hydrogens (tertiary/aromatic N) is 2. The smallest absolute Gasteiger partial charge is 0.262 e. The van der Waals surface area contributed by atoms with Gasteiger partial charge in [-0.05, 0) is 71.1 Å². The average Bonchev–Trinajstić information content (AvgIpc) is 3.22. The number of aromatic nitrogens is 1. The van der Waals surface area contributed by atoms with E-state index in [-0.39, 0.29) is 5.91 Å². The van der Waals surface area contributed by atoms with Gasteiger partial charge in [-0.1, -0.05) is 36.4 Å². The fraction of sp³-hybridized carbons (Fsp3) is 0.154. The first-order valence-corrected chi connectivity index (χ1v) is 10.3. The lowest BCUT2D eigenvalue weighted by Gasteiger charge is -2.21. The summed E-state index contributed by atoms with van der Waals surface area (Å²) in [6.45, 7) is 3.13. The number of carbonyl (C=O) groups is 1. The predicted molar refractivity (Wildman–Crippen MR) is 120 cm³/mol. The number of benzene rings is 3. The molecule has 0 spiro atoms. The summed E-state index contributed by atoms with van der Waals surface area (Å²) >= 11 is 0. The van der Waals surface area contributed by atoms with Crippen LogP contribution in [0.15, 0.2) is 79.1 Å². The van der Waals surface area contributed by atoms with Gasteiger partial charge in [0.1, 0.15) is 5.75 Å². The maximum Gasteiger partial charge on any atom is 0.262 e. The van der Waals surface area contributed by atoms with Crippen LogP contribution in [0.1, 0.15) is 22.8 Å². The lowest BCUT2D eigenvalue weighted by Crippen LogP contribution is -2.29. The van der Waals surface area contributed by atoms with Gasteiger partial charge in [0.05, 0.1) is 12.2 Å². The Morgan fingerprint density at radius 3 is 2.67 bits per heavy atom. The molecule has 0 unspecified atom stereocenters. The van der Waals surface area contributed by atoms with E-state index in [1.165, 1.54) is 5.56 Å². The maximum atomic E-state index is 13.7. The number of hydrogen-bond donors (Lipinski definition) is 0. The van der Waals surface area contributed by atoms with E-state index in [0.717, 1.165) is 34.0 Å². The number of ether oxygens (including phenoxy) is 1. The Balaban J connectivity index is 1.56. The Morgan fingerprint density at radius 1 is 1.00 bits per heavy atom. The zero-order chi connectivity index (χ0) is 20.5. The van der Waals surface area contributed by atoms with E-state index in [2.05, 4.69) is 23.2 Å². The zero-order valence-corrected chi connectivity index (χ0v) is 16.8. The van der Waals surface area contributed by atoms with Gasteiger partial charge in [0.2, 0.25) is 0 Å². The monoisotopic (exact) mass is 394 g/mol. The molecule has 0 saturated carbocycles. The molecule has 1 aliphatic rings. The predicted octanol–water partition coefficient (Wildman–Crippen LogP) is 5.50. The van der Waals surface area contributed by atoms with Crippen molar-refractivity contribution in [1.29, 1.82) is 0 Å². The molecule has 1 aliphatic heterocycles. The van der Waals surface area contributed by atoms with Crippen LogP contribution in [-0.2, 0) is 6.42 Å². The van der Waals surface area contributed by atoms with E-state index in [1.807, 2.05) is 60.4 Å². The average molecular weight is 394 g/mol. The van der Waals surface area contributed by atoms with Gasteiger partial charge in [-0.25, -0.2) is 0 Å². The van der Waals surface area contributed by atoms with E-state index in [0.29, 0.717) is 24.5 Å². The van der Waals surface area contributed by atoms with E-state index in [1.54, 1.807) is 12.4 Å². The Hall–Kier alpha value is -3.66. The molecule has 30 heavy (non-hydrogen) atoms. The highest BCUT2D eigenvalue weighted by Crippen LogP contribution is 2.36. The first kappa shape index (κ1) is 18.4. The van der Waals surface area contributed by atoms with Gasteiger partial charge >= 0.3 is 0 Å². The van der Waals surface area contributed by atoms with Crippen LogP contribution in [0.25, 0.3) is 21.9 Å². The summed E-state index contributed by atoms with van der Waals surface area (Å²) < 4.78 is 5.84. The van der Waals surface area contributed by atoms with Gasteiger partial charge in [-0.15, -0.1) is 0 Å². The summed E-state index contributed by atoms with van der Waals surface area (Å²) in [4.78, 5) is 19.7. The largest absolute Gasteiger partial charge is 0.493 e. The van der Waals surface area contributed by atoms with Crippen molar-refractivity contribution in [1.82, 2.24) is 4.98 Å². The topological polar surface area (TPSA) is 42.4 Å². The molecule has 0 atom stereocenters. The second-order valence-electron chi connectivity index (χ2n) is 7.38. The summed E-state index contributed by atoms with van der Waals surface area (Å²) in [6, 6.07) is 22.2. The molecule has 148 valence electrons. The Kier molecular flexibility index (Phi) is 4.68. The highest BCUT2D eigenvalue weighted by Gasteiger charge is 2.29. The van der Waals surface area contributed by atoms with Gasteiger partial charge in [-0.2, -0.15) is 0 Å². The molecule has 0 bridgehead atoms. The van der Waals surface area contributed by atoms with Crippen molar-refractivity contribution in [2.75, 3.05) is 18.1 Å².